The molecule has 0 amide bonds. The van der Waals surface area contributed by atoms with Gasteiger partial charge in [0.1, 0.15) is 30.2 Å². The van der Waals surface area contributed by atoms with Crippen LogP contribution in [-0.4, -0.2) is 93.0 Å². The number of ether oxygens (including phenoxy) is 6. The van der Waals surface area contributed by atoms with Gasteiger partial charge in [-0.3, -0.25) is 14.4 Å². The maximum Gasteiger partial charge on any atom is 0.306 e. The molecule has 6 aliphatic rings. The van der Waals surface area contributed by atoms with Crippen LogP contribution in [0.5, 0.6) is 0 Å². The van der Waals surface area contributed by atoms with E-state index in [0.29, 0.717) is 37.7 Å². The Balaban J connectivity index is 1.27. The molecule has 0 spiro atoms. The lowest BCUT2D eigenvalue weighted by Crippen LogP contribution is -2.59. The Hall–Kier alpha value is -1.69. The van der Waals surface area contributed by atoms with E-state index in [1.165, 1.54) is 0 Å². The third kappa shape index (κ3) is 5.86. The molecule has 0 bridgehead atoms. The molecule has 5 fully saturated rings. The van der Waals surface area contributed by atoms with Gasteiger partial charge < -0.3 is 33.5 Å². The van der Waals surface area contributed by atoms with E-state index in [-0.39, 0.29) is 95.9 Å². The summed E-state index contributed by atoms with van der Waals surface area (Å²) in [5.41, 5.74) is 0.614. The largest absolute Gasteiger partial charge is 0.462 e. The van der Waals surface area contributed by atoms with Gasteiger partial charge in [-0.2, -0.15) is 0 Å². The number of fused-ring (bicyclic) bond motifs is 8. The molecule has 3 saturated carbocycles. The minimum atomic E-state index is -0.760. The molecule has 2 heterocycles. The highest BCUT2D eigenvalue weighted by Gasteiger charge is 2.64. The predicted molar refractivity (Wildman–Crippen MR) is 162 cm³/mol. The lowest BCUT2D eigenvalue weighted by atomic mass is 9.49. The summed E-state index contributed by atoms with van der Waals surface area (Å²) < 4.78 is 36.1. The Morgan fingerprint density at radius 1 is 0.911 bits per heavy atom. The van der Waals surface area contributed by atoms with Crippen LogP contribution in [0.15, 0.2) is 11.6 Å². The van der Waals surface area contributed by atoms with Crippen molar-refractivity contribution in [2.75, 3.05) is 21.3 Å². The minimum Gasteiger partial charge on any atom is -0.462 e. The lowest BCUT2D eigenvalue weighted by Gasteiger charge is -2.54. The Kier molecular flexibility index (Phi) is 9.92. The van der Waals surface area contributed by atoms with E-state index in [0.717, 1.165) is 12.8 Å². The van der Waals surface area contributed by atoms with Crippen LogP contribution < -0.4 is 0 Å². The quantitative estimate of drug-likeness (QED) is 0.434. The second-order valence-corrected chi connectivity index (χ2v) is 14.5. The number of hydrogen-bond acceptors (Lipinski definition) is 10. The molecule has 0 aromatic rings. The van der Waals surface area contributed by atoms with Gasteiger partial charge in [-0.1, -0.05) is 19.9 Å². The SMILES string of the molecule is CC[C@H]1CCC[C@H](O)[C@@H](C)C(=O)C2=C[C@H]3[C@@H]4C[C@H](O[C@@H]5OC(C)[C@H](OC)C(OC)C5OC)C[C@H]4[C@@H]4CC(=O)[C@@H]4[C@H]3[C@@H]2CC(=O)O1. The molecule has 3 unspecified atom stereocenters. The van der Waals surface area contributed by atoms with Gasteiger partial charge in [-0.15, -0.1) is 0 Å². The van der Waals surface area contributed by atoms with Gasteiger partial charge in [0.05, 0.1) is 24.7 Å². The molecule has 4 aliphatic carbocycles. The Morgan fingerprint density at radius 3 is 2.29 bits per heavy atom. The summed E-state index contributed by atoms with van der Waals surface area (Å²) in [6.07, 6.45) is 3.71. The van der Waals surface area contributed by atoms with Crippen LogP contribution in [0, 0.1) is 47.3 Å². The van der Waals surface area contributed by atoms with Crippen molar-refractivity contribution in [1.82, 2.24) is 0 Å². The first-order valence-corrected chi connectivity index (χ1v) is 17.2. The number of carbonyl (C=O) groups is 3. The molecule has 1 N–H and O–H groups in total. The zero-order valence-electron chi connectivity index (χ0n) is 27.6. The number of ketones is 2. The van der Waals surface area contributed by atoms with E-state index < -0.39 is 24.4 Å². The average molecular weight is 633 g/mol. The highest BCUT2D eigenvalue weighted by Crippen LogP contribution is 2.64. The molecule has 16 atom stereocenters. The van der Waals surface area contributed by atoms with Crippen LogP contribution in [-0.2, 0) is 42.8 Å². The molecule has 252 valence electrons. The van der Waals surface area contributed by atoms with Gasteiger partial charge in [-0.05, 0) is 80.6 Å². The first-order valence-electron chi connectivity index (χ1n) is 17.2. The van der Waals surface area contributed by atoms with Crippen molar-refractivity contribution >= 4 is 17.5 Å². The number of cyclic esters (lactones) is 1. The van der Waals surface area contributed by atoms with Crippen LogP contribution in [0.1, 0.15) is 72.1 Å². The maximum atomic E-state index is 14.0. The van der Waals surface area contributed by atoms with Crippen molar-refractivity contribution in [3.05, 3.63) is 11.6 Å². The minimum absolute atomic E-state index is 0.0173. The number of aliphatic hydroxyl groups is 1. The highest BCUT2D eigenvalue weighted by molar-refractivity contribution is 5.99. The summed E-state index contributed by atoms with van der Waals surface area (Å²) in [6, 6.07) is 0. The first kappa shape index (κ1) is 33.2. The van der Waals surface area contributed by atoms with E-state index in [1.807, 2.05) is 13.8 Å². The van der Waals surface area contributed by atoms with Crippen LogP contribution >= 0.6 is 0 Å². The molecule has 45 heavy (non-hydrogen) atoms. The van der Waals surface area contributed by atoms with Crippen molar-refractivity contribution in [3.63, 3.8) is 0 Å². The molecule has 0 aromatic carbocycles. The Bertz CT molecular complexity index is 1150. The van der Waals surface area contributed by atoms with Gasteiger partial charge in [0.15, 0.2) is 12.1 Å². The summed E-state index contributed by atoms with van der Waals surface area (Å²) >= 11 is 0. The van der Waals surface area contributed by atoms with Crippen LogP contribution in [0.25, 0.3) is 0 Å². The second kappa shape index (κ2) is 13.4. The van der Waals surface area contributed by atoms with Crippen molar-refractivity contribution in [2.45, 2.75) is 121 Å². The van der Waals surface area contributed by atoms with Gasteiger partial charge in [0.2, 0.25) is 0 Å². The number of Topliss-reactive ketones (excluding diaryl/α,β-unsaturated/α-hetero) is 2. The number of methoxy groups -OCH3 is 3. The van der Waals surface area contributed by atoms with E-state index in [2.05, 4.69) is 6.08 Å². The highest BCUT2D eigenvalue weighted by atomic mass is 16.7. The summed E-state index contributed by atoms with van der Waals surface area (Å²) in [7, 11) is 4.90. The fraction of sp³-hybridized carbons (Fsp3) is 0.857. The van der Waals surface area contributed by atoms with Crippen molar-refractivity contribution in [3.8, 4) is 0 Å². The number of hydrogen-bond donors (Lipinski definition) is 1. The van der Waals surface area contributed by atoms with Crippen LogP contribution in [0.4, 0.5) is 0 Å². The molecule has 6 rings (SSSR count). The van der Waals surface area contributed by atoms with Crippen molar-refractivity contribution in [1.29, 1.82) is 0 Å². The van der Waals surface area contributed by atoms with Crippen molar-refractivity contribution in [2.24, 2.45) is 47.3 Å². The van der Waals surface area contributed by atoms with E-state index >= 15 is 0 Å². The fourth-order valence-corrected chi connectivity index (χ4v) is 10.0. The van der Waals surface area contributed by atoms with E-state index in [9.17, 15) is 19.5 Å². The second-order valence-electron chi connectivity index (χ2n) is 14.5. The van der Waals surface area contributed by atoms with Gasteiger partial charge >= 0.3 is 5.97 Å². The third-order valence-corrected chi connectivity index (χ3v) is 12.3. The maximum absolute atomic E-state index is 14.0. The van der Waals surface area contributed by atoms with Gasteiger partial charge in [0.25, 0.3) is 0 Å². The van der Waals surface area contributed by atoms with Crippen molar-refractivity contribution < 1.29 is 47.9 Å². The smallest absolute Gasteiger partial charge is 0.306 e. The van der Waals surface area contributed by atoms with Crippen LogP contribution in [0.3, 0.4) is 0 Å². The zero-order valence-corrected chi connectivity index (χ0v) is 27.6. The molecule has 0 radical (unpaired) electrons. The molecular formula is C35H52O10. The molecule has 2 aliphatic heterocycles. The fourth-order valence-electron chi connectivity index (χ4n) is 10.0. The summed E-state index contributed by atoms with van der Waals surface area (Å²) in [6.45, 7) is 5.74. The van der Waals surface area contributed by atoms with Gasteiger partial charge in [0, 0.05) is 45.5 Å². The number of allylic oxidation sites excluding steroid dienone is 2. The summed E-state index contributed by atoms with van der Waals surface area (Å²) in [4.78, 5) is 40.7. The molecular weight excluding hydrogens is 580 g/mol. The van der Waals surface area contributed by atoms with Gasteiger partial charge in [-0.25, -0.2) is 0 Å². The Labute approximate surface area is 266 Å². The Morgan fingerprint density at radius 2 is 1.62 bits per heavy atom. The summed E-state index contributed by atoms with van der Waals surface area (Å²) in [5.74, 6) is -0.732. The van der Waals surface area contributed by atoms with E-state index in [1.54, 1.807) is 28.3 Å². The number of aliphatic hydroxyl groups excluding tert-OH is 1. The topological polar surface area (TPSA) is 127 Å². The number of esters is 1. The number of carbonyl (C=O) groups excluding carboxylic acids is 3. The summed E-state index contributed by atoms with van der Waals surface area (Å²) in [5, 5.41) is 11.0. The molecule has 2 saturated heterocycles. The molecule has 10 heteroatoms. The monoisotopic (exact) mass is 632 g/mol. The predicted octanol–water partition coefficient (Wildman–Crippen LogP) is 3.66. The standard InChI is InChI=1S/C35H52O10/c1-7-18-9-8-10-26(36)16(2)31(39)25-13-22-20-11-19(45-35-34(42-6)33(41-5)32(40-4)17(3)43-35)12-21(20)23-14-27(37)30(23)29(22)24(25)15-28(38)44-18/h13,16-24,26,29-30,32-36H,7-12,14-15H2,1-6H3/t16-,17?,18+,19+,20-,21-,22+,23+,24-,26+,29-,30-,32+,33?,34?,35+/m1/s1. The third-order valence-electron chi connectivity index (χ3n) is 12.3. The lowest BCUT2D eigenvalue weighted by molar-refractivity contribution is -0.314. The molecule has 0 aromatic heterocycles. The average Bonchev–Trinajstić information content (AvgIpc) is 3.58. The number of rotatable bonds is 6. The normalized spacial score (nSPS) is 48.5. The van der Waals surface area contributed by atoms with E-state index in [4.69, 9.17) is 28.4 Å². The van der Waals surface area contributed by atoms with Crippen LogP contribution in [0.2, 0.25) is 0 Å². The zero-order chi connectivity index (χ0) is 32.2. The first-order chi connectivity index (χ1) is 21.6. The molecule has 10 nitrogen and oxygen atoms in total.